The molecule has 0 saturated carbocycles. The van der Waals surface area contributed by atoms with Gasteiger partial charge in [-0.05, 0) is 17.5 Å². The van der Waals surface area contributed by atoms with Crippen LogP contribution >= 0.6 is 22.9 Å². The zero-order chi connectivity index (χ0) is 13.2. The van der Waals surface area contributed by atoms with Crippen LogP contribution in [0.1, 0.15) is 10.4 Å². The lowest BCUT2D eigenvalue weighted by Crippen LogP contribution is -2.07. The number of nitrogens with zero attached hydrogens (tertiary/aromatic N) is 1. The van der Waals surface area contributed by atoms with Gasteiger partial charge < -0.3 is 5.32 Å². The van der Waals surface area contributed by atoms with Crippen LogP contribution in [0.25, 0.3) is 0 Å². The maximum absolute atomic E-state index is 12.4. The second-order valence-corrected chi connectivity index (χ2v) is 4.92. The van der Waals surface area contributed by atoms with Crippen molar-refractivity contribution >= 4 is 28.8 Å². The largest absolute Gasteiger partial charge is 0.417 e. The summed E-state index contributed by atoms with van der Waals surface area (Å²) in [7, 11) is 0. The third-order valence-electron chi connectivity index (χ3n) is 2.18. The van der Waals surface area contributed by atoms with Crippen LogP contribution in [0.15, 0.2) is 29.8 Å². The van der Waals surface area contributed by atoms with Crippen LogP contribution in [0.4, 0.5) is 19.0 Å². The summed E-state index contributed by atoms with van der Waals surface area (Å²) in [5.41, 5.74) is -0.853. The van der Waals surface area contributed by atoms with Gasteiger partial charge in [0.15, 0.2) is 0 Å². The first-order valence-electron chi connectivity index (χ1n) is 4.96. The number of anilines is 1. The molecule has 0 aromatic carbocycles. The van der Waals surface area contributed by atoms with Gasteiger partial charge in [-0.1, -0.05) is 17.7 Å². The van der Waals surface area contributed by atoms with E-state index in [4.69, 9.17) is 11.6 Å². The highest BCUT2D eigenvalue weighted by molar-refractivity contribution is 7.09. The maximum atomic E-state index is 12.4. The molecule has 0 atom stereocenters. The molecule has 2 aromatic heterocycles. The first kappa shape index (κ1) is 13.2. The third kappa shape index (κ3) is 3.14. The summed E-state index contributed by atoms with van der Waals surface area (Å²) in [5, 5.41) is 4.77. The summed E-state index contributed by atoms with van der Waals surface area (Å²) in [4.78, 5) is 4.73. The SMILES string of the molecule is FC(F)(F)c1cnc(NCc2cccs2)c(Cl)c1. The standard InChI is InChI=1S/C11H8ClF3N2S/c12-9-4-7(11(13,14)15)5-16-10(9)17-6-8-2-1-3-18-8/h1-5H,6H2,(H,16,17). The molecular formula is C11H8ClF3N2S. The Kier molecular flexibility index (Phi) is 3.77. The number of thiophene rings is 1. The third-order valence-corrected chi connectivity index (χ3v) is 3.34. The molecule has 0 radical (unpaired) electrons. The summed E-state index contributed by atoms with van der Waals surface area (Å²) in [5.74, 6) is 0.248. The van der Waals surface area contributed by atoms with E-state index >= 15 is 0 Å². The Bertz CT molecular complexity index is 526. The molecule has 0 aliphatic heterocycles. The molecule has 2 rings (SSSR count). The van der Waals surface area contributed by atoms with Crippen molar-refractivity contribution in [3.63, 3.8) is 0 Å². The molecule has 0 bridgehead atoms. The fourth-order valence-electron chi connectivity index (χ4n) is 1.31. The number of hydrogen-bond donors (Lipinski definition) is 1. The van der Waals surface area contributed by atoms with Gasteiger partial charge >= 0.3 is 6.18 Å². The molecular weight excluding hydrogens is 285 g/mol. The molecule has 2 nitrogen and oxygen atoms in total. The molecule has 7 heteroatoms. The number of alkyl halides is 3. The summed E-state index contributed by atoms with van der Waals surface area (Å²) >= 11 is 7.30. The number of rotatable bonds is 3. The smallest absolute Gasteiger partial charge is 0.364 e. The van der Waals surface area contributed by atoms with Gasteiger partial charge in [-0.3, -0.25) is 0 Å². The Morgan fingerprint density at radius 2 is 2.17 bits per heavy atom. The average Bonchev–Trinajstić information content (AvgIpc) is 2.79. The molecule has 1 N–H and O–H groups in total. The second-order valence-electron chi connectivity index (χ2n) is 3.49. The van der Waals surface area contributed by atoms with Crippen LogP contribution < -0.4 is 5.32 Å². The van der Waals surface area contributed by atoms with Crippen molar-refractivity contribution in [3.8, 4) is 0 Å². The number of halogens is 4. The Labute approximate surface area is 110 Å². The molecule has 0 fully saturated rings. The molecule has 18 heavy (non-hydrogen) atoms. The van der Waals surface area contributed by atoms with Gasteiger partial charge in [0.1, 0.15) is 5.82 Å². The van der Waals surface area contributed by atoms with E-state index in [-0.39, 0.29) is 10.8 Å². The zero-order valence-electron chi connectivity index (χ0n) is 8.96. The lowest BCUT2D eigenvalue weighted by atomic mass is 10.3. The van der Waals surface area contributed by atoms with Gasteiger partial charge in [0, 0.05) is 11.1 Å². The predicted octanol–water partition coefficient (Wildman–Crippen LogP) is 4.43. The minimum atomic E-state index is -4.43. The van der Waals surface area contributed by atoms with Crippen molar-refractivity contribution in [3.05, 3.63) is 45.2 Å². The molecule has 0 aliphatic carbocycles. The van der Waals surface area contributed by atoms with E-state index in [0.29, 0.717) is 6.54 Å². The highest BCUT2D eigenvalue weighted by atomic mass is 35.5. The van der Waals surface area contributed by atoms with Crippen LogP contribution in [0.5, 0.6) is 0 Å². The van der Waals surface area contributed by atoms with E-state index in [0.717, 1.165) is 17.1 Å². The highest BCUT2D eigenvalue weighted by Gasteiger charge is 2.31. The molecule has 0 saturated heterocycles. The minimum absolute atomic E-state index is 0.0404. The predicted molar refractivity (Wildman–Crippen MR) is 65.9 cm³/mol. The van der Waals surface area contributed by atoms with Gasteiger partial charge in [0.2, 0.25) is 0 Å². The number of nitrogens with one attached hydrogen (secondary N) is 1. The molecule has 2 aromatic rings. The Morgan fingerprint density at radius 3 is 2.72 bits per heavy atom. The number of pyridine rings is 1. The molecule has 2 heterocycles. The van der Waals surface area contributed by atoms with E-state index in [2.05, 4.69) is 10.3 Å². The van der Waals surface area contributed by atoms with Crippen LogP contribution in [0, 0.1) is 0 Å². The van der Waals surface area contributed by atoms with Crippen LogP contribution in [0.2, 0.25) is 5.02 Å². The van der Waals surface area contributed by atoms with Gasteiger partial charge in [-0.25, -0.2) is 4.98 Å². The summed E-state index contributed by atoms with van der Waals surface area (Å²) in [6.45, 7) is 0.482. The fraction of sp³-hybridized carbons (Fsp3) is 0.182. The number of aromatic nitrogens is 1. The van der Waals surface area contributed by atoms with Crippen molar-refractivity contribution in [2.75, 3.05) is 5.32 Å². The van der Waals surface area contributed by atoms with Crippen molar-refractivity contribution in [2.45, 2.75) is 12.7 Å². The number of hydrogen-bond acceptors (Lipinski definition) is 3. The summed E-state index contributed by atoms with van der Waals surface area (Å²) in [6, 6.07) is 4.67. The Morgan fingerprint density at radius 1 is 1.39 bits per heavy atom. The van der Waals surface area contributed by atoms with Crippen LogP contribution in [-0.4, -0.2) is 4.98 Å². The monoisotopic (exact) mass is 292 g/mol. The first-order chi connectivity index (χ1) is 8.47. The van der Waals surface area contributed by atoms with Gasteiger partial charge in [-0.15, -0.1) is 11.3 Å². The molecule has 0 amide bonds. The zero-order valence-corrected chi connectivity index (χ0v) is 10.5. The topological polar surface area (TPSA) is 24.9 Å². The molecule has 0 spiro atoms. The summed E-state index contributed by atoms with van der Waals surface area (Å²) in [6.07, 6.45) is -3.66. The van der Waals surface area contributed by atoms with Crippen molar-refractivity contribution in [1.29, 1.82) is 0 Å². The highest BCUT2D eigenvalue weighted by Crippen LogP contribution is 2.32. The quantitative estimate of drug-likeness (QED) is 0.905. The normalized spacial score (nSPS) is 11.6. The van der Waals surface area contributed by atoms with E-state index in [1.165, 1.54) is 0 Å². The lowest BCUT2D eigenvalue weighted by molar-refractivity contribution is -0.137. The van der Waals surface area contributed by atoms with Gasteiger partial charge in [0.05, 0.1) is 17.1 Å². The second kappa shape index (κ2) is 5.16. The minimum Gasteiger partial charge on any atom is -0.364 e. The summed E-state index contributed by atoms with van der Waals surface area (Å²) < 4.78 is 37.2. The van der Waals surface area contributed by atoms with E-state index in [1.807, 2.05) is 17.5 Å². The molecule has 96 valence electrons. The van der Waals surface area contributed by atoms with E-state index < -0.39 is 11.7 Å². The van der Waals surface area contributed by atoms with Crippen LogP contribution in [-0.2, 0) is 12.7 Å². The van der Waals surface area contributed by atoms with Gasteiger partial charge in [0.25, 0.3) is 0 Å². The van der Waals surface area contributed by atoms with Gasteiger partial charge in [-0.2, -0.15) is 13.2 Å². The van der Waals surface area contributed by atoms with E-state index in [9.17, 15) is 13.2 Å². The van der Waals surface area contributed by atoms with Crippen molar-refractivity contribution in [2.24, 2.45) is 0 Å². The lowest BCUT2D eigenvalue weighted by Gasteiger charge is -2.10. The molecule has 0 aliphatic rings. The first-order valence-corrected chi connectivity index (χ1v) is 6.21. The van der Waals surface area contributed by atoms with Crippen molar-refractivity contribution in [1.82, 2.24) is 4.98 Å². The van der Waals surface area contributed by atoms with E-state index in [1.54, 1.807) is 11.3 Å². The fourth-order valence-corrected chi connectivity index (χ4v) is 2.18. The van der Waals surface area contributed by atoms with Crippen LogP contribution in [0.3, 0.4) is 0 Å². The Hall–Kier alpha value is -1.27. The Balaban J connectivity index is 2.10. The molecule has 0 unspecified atom stereocenters. The van der Waals surface area contributed by atoms with Crippen molar-refractivity contribution < 1.29 is 13.2 Å². The maximum Gasteiger partial charge on any atom is 0.417 e. The average molecular weight is 293 g/mol.